The number of rotatable bonds is 0. The SMILES string of the molecule is Cc1nc2c(c(C)c1C)CCCO2. The van der Waals surface area contributed by atoms with Crippen molar-refractivity contribution >= 4 is 0 Å². The molecule has 0 fully saturated rings. The summed E-state index contributed by atoms with van der Waals surface area (Å²) in [6.07, 6.45) is 2.24. The molecule has 0 saturated carbocycles. The molecule has 2 heterocycles. The number of aromatic nitrogens is 1. The summed E-state index contributed by atoms with van der Waals surface area (Å²) in [4.78, 5) is 4.45. The van der Waals surface area contributed by atoms with E-state index in [9.17, 15) is 0 Å². The van der Waals surface area contributed by atoms with Gasteiger partial charge in [0.25, 0.3) is 0 Å². The number of fused-ring (bicyclic) bond motifs is 1. The predicted molar refractivity (Wildman–Crippen MR) is 52.3 cm³/mol. The summed E-state index contributed by atoms with van der Waals surface area (Å²) in [5, 5.41) is 0. The second-order valence-electron chi connectivity index (χ2n) is 3.68. The molecule has 2 rings (SSSR count). The van der Waals surface area contributed by atoms with Gasteiger partial charge in [-0.05, 0) is 44.7 Å². The molecular formula is C11H15NO. The van der Waals surface area contributed by atoms with Crippen LogP contribution in [0.15, 0.2) is 0 Å². The normalized spacial score (nSPS) is 15.0. The van der Waals surface area contributed by atoms with Gasteiger partial charge in [0.05, 0.1) is 6.61 Å². The Balaban J connectivity index is 2.60. The molecule has 2 heteroatoms. The van der Waals surface area contributed by atoms with Gasteiger partial charge in [0.1, 0.15) is 0 Å². The minimum atomic E-state index is 0.821. The molecule has 1 aromatic heterocycles. The molecule has 0 bridgehead atoms. The summed E-state index contributed by atoms with van der Waals surface area (Å²) < 4.78 is 5.53. The first-order chi connectivity index (χ1) is 6.20. The first-order valence-electron chi connectivity index (χ1n) is 4.79. The van der Waals surface area contributed by atoms with Crippen LogP contribution in [-0.4, -0.2) is 11.6 Å². The summed E-state index contributed by atoms with van der Waals surface area (Å²) in [6.45, 7) is 7.16. The Morgan fingerprint density at radius 1 is 1.15 bits per heavy atom. The smallest absolute Gasteiger partial charge is 0.217 e. The average Bonchev–Trinajstić information content (AvgIpc) is 2.15. The van der Waals surface area contributed by atoms with Crippen LogP contribution in [-0.2, 0) is 6.42 Å². The molecular weight excluding hydrogens is 162 g/mol. The molecule has 2 nitrogen and oxygen atoms in total. The number of hydrogen-bond donors (Lipinski definition) is 0. The zero-order valence-electron chi connectivity index (χ0n) is 8.48. The van der Waals surface area contributed by atoms with Crippen LogP contribution in [0.3, 0.4) is 0 Å². The average molecular weight is 177 g/mol. The Morgan fingerprint density at radius 3 is 2.69 bits per heavy atom. The van der Waals surface area contributed by atoms with E-state index in [1.165, 1.54) is 16.7 Å². The fraction of sp³-hybridized carbons (Fsp3) is 0.545. The van der Waals surface area contributed by atoms with E-state index >= 15 is 0 Å². The summed E-state index contributed by atoms with van der Waals surface area (Å²) in [5.41, 5.74) is 5.08. The Hall–Kier alpha value is -1.05. The van der Waals surface area contributed by atoms with E-state index in [2.05, 4.69) is 18.8 Å². The monoisotopic (exact) mass is 177 g/mol. The molecule has 1 aliphatic heterocycles. The van der Waals surface area contributed by atoms with Crippen LogP contribution >= 0.6 is 0 Å². The first kappa shape index (κ1) is 8.54. The van der Waals surface area contributed by atoms with Crippen molar-refractivity contribution < 1.29 is 4.74 Å². The maximum Gasteiger partial charge on any atom is 0.217 e. The third-order valence-electron chi connectivity index (χ3n) is 2.90. The van der Waals surface area contributed by atoms with Gasteiger partial charge in [0.15, 0.2) is 0 Å². The summed E-state index contributed by atoms with van der Waals surface area (Å²) in [7, 11) is 0. The van der Waals surface area contributed by atoms with Gasteiger partial charge in [-0.3, -0.25) is 0 Å². The lowest BCUT2D eigenvalue weighted by atomic mass is 9.99. The largest absolute Gasteiger partial charge is 0.477 e. The molecule has 70 valence electrons. The first-order valence-corrected chi connectivity index (χ1v) is 4.79. The lowest BCUT2D eigenvalue weighted by molar-refractivity contribution is 0.275. The van der Waals surface area contributed by atoms with Gasteiger partial charge < -0.3 is 4.74 Å². The van der Waals surface area contributed by atoms with Crippen LogP contribution in [0, 0.1) is 20.8 Å². The van der Waals surface area contributed by atoms with Crippen LogP contribution in [0.2, 0.25) is 0 Å². The number of aryl methyl sites for hydroxylation is 1. The molecule has 1 aliphatic rings. The highest BCUT2D eigenvalue weighted by molar-refractivity contribution is 5.42. The van der Waals surface area contributed by atoms with Gasteiger partial charge in [0, 0.05) is 11.3 Å². The van der Waals surface area contributed by atoms with Crippen LogP contribution in [0.4, 0.5) is 0 Å². The highest BCUT2D eigenvalue weighted by Crippen LogP contribution is 2.28. The summed E-state index contributed by atoms with van der Waals surface area (Å²) >= 11 is 0. The molecule has 0 aromatic carbocycles. The van der Waals surface area contributed by atoms with E-state index in [0.717, 1.165) is 31.0 Å². The Kier molecular flexibility index (Phi) is 1.98. The van der Waals surface area contributed by atoms with Crippen molar-refractivity contribution in [3.8, 4) is 5.88 Å². The third kappa shape index (κ3) is 1.30. The molecule has 0 aliphatic carbocycles. The zero-order valence-corrected chi connectivity index (χ0v) is 8.48. The van der Waals surface area contributed by atoms with Gasteiger partial charge in [-0.2, -0.15) is 0 Å². The molecule has 0 saturated heterocycles. The van der Waals surface area contributed by atoms with Gasteiger partial charge in [-0.1, -0.05) is 0 Å². The van der Waals surface area contributed by atoms with Crippen molar-refractivity contribution in [2.75, 3.05) is 6.61 Å². The number of nitrogens with zero attached hydrogens (tertiary/aromatic N) is 1. The van der Waals surface area contributed by atoms with Crippen LogP contribution in [0.25, 0.3) is 0 Å². The minimum absolute atomic E-state index is 0.821. The molecule has 0 amide bonds. The van der Waals surface area contributed by atoms with E-state index in [1.54, 1.807) is 0 Å². The maximum absolute atomic E-state index is 5.53. The lowest BCUT2D eigenvalue weighted by Crippen LogP contribution is -2.13. The third-order valence-corrected chi connectivity index (χ3v) is 2.90. The van der Waals surface area contributed by atoms with Crippen molar-refractivity contribution in [2.45, 2.75) is 33.6 Å². The standard InChI is InChI=1S/C11H15NO/c1-7-8(2)10-5-4-6-13-11(10)12-9(7)3/h4-6H2,1-3H3. The number of hydrogen-bond acceptors (Lipinski definition) is 2. The van der Waals surface area contributed by atoms with Gasteiger partial charge in [0.2, 0.25) is 5.88 Å². The van der Waals surface area contributed by atoms with Crippen molar-refractivity contribution in [3.05, 3.63) is 22.4 Å². The molecule has 13 heavy (non-hydrogen) atoms. The van der Waals surface area contributed by atoms with Crippen LogP contribution < -0.4 is 4.74 Å². The van der Waals surface area contributed by atoms with E-state index in [0.29, 0.717) is 0 Å². The van der Waals surface area contributed by atoms with Crippen molar-refractivity contribution in [3.63, 3.8) is 0 Å². The van der Waals surface area contributed by atoms with Crippen LogP contribution in [0.5, 0.6) is 5.88 Å². The van der Waals surface area contributed by atoms with Gasteiger partial charge in [-0.25, -0.2) is 4.98 Å². The van der Waals surface area contributed by atoms with Crippen molar-refractivity contribution in [1.29, 1.82) is 0 Å². The van der Waals surface area contributed by atoms with Gasteiger partial charge >= 0.3 is 0 Å². The molecule has 0 radical (unpaired) electrons. The van der Waals surface area contributed by atoms with E-state index in [-0.39, 0.29) is 0 Å². The predicted octanol–water partition coefficient (Wildman–Crippen LogP) is 2.33. The van der Waals surface area contributed by atoms with Crippen molar-refractivity contribution in [2.24, 2.45) is 0 Å². The number of pyridine rings is 1. The highest BCUT2D eigenvalue weighted by Gasteiger charge is 2.16. The van der Waals surface area contributed by atoms with E-state index in [4.69, 9.17) is 4.74 Å². The Labute approximate surface area is 78.9 Å². The Morgan fingerprint density at radius 2 is 1.92 bits per heavy atom. The molecule has 1 aromatic rings. The molecule has 0 N–H and O–H groups in total. The highest BCUT2D eigenvalue weighted by atomic mass is 16.5. The van der Waals surface area contributed by atoms with E-state index < -0.39 is 0 Å². The van der Waals surface area contributed by atoms with Crippen molar-refractivity contribution in [1.82, 2.24) is 4.98 Å². The zero-order chi connectivity index (χ0) is 9.42. The topological polar surface area (TPSA) is 22.1 Å². The second-order valence-corrected chi connectivity index (χ2v) is 3.68. The molecule has 0 spiro atoms. The number of ether oxygens (including phenoxy) is 1. The van der Waals surface area contributed by atoms with E-state index in [1.807, 2.05) is 6.92 Å². The molecule has 0 atom stereocenters. The van der Waals surface area contributed by atoms with Crippen LogP contribution in [0.1, 0.15) is 28.8 Å². The lowest BCUT2D eigenvalue weighted by Gasteiger charge is -2.20. The maximum atomic E-state index is 5.53. The minimum Gasteiger partial charge on any atom is -0.477 e. The Bertz CT molecular complexity index is 344. The summed E-state index contributed by atoms with van der Waals surface area (Å²) in [5.74, 6) is 0.867. The fourth-order valence-corrected chi connectivity index (χ4v) is 1.79. The van der Waals surface area contributed by atoms with Gasteiger partial charge in [-0.15, -0.1) is 0 Å². The summed E-state index contributed by atoms with van der Waals surface area (Å²) in [6, 6.07) is 0. The fourth-order valence-electron chi connectivity index (χ4n) is 1.79. The second kappa shape index (κ2) is 3.02. The molecule has 0 unspecified atom stereocenters. The quantitative estimate of drug-likeness (QED) is 0.606.